The van der Waals surface area contributed by atoms with Gasteiger partial charge in [-0.1, -0.05) is 33.1 Å². The van der Waals surface area contributed by atoms with Crippen LogP contribution in [0.4, 0.5) is 0 Å². The largest absolute Gasteiger partial charge is 0.330 e. The molecule has 25 heavy (non-hydrogen) atoms. The van der Waals surface area contributed by atoms with Gasteiger partial charge in [0.2, 0.25) is 0 Å². The van der Waals surface area contributed by atoms with Gasteiger partial charge in [0.25, 0.3) is 0 Å². The molecule has 0 bridgehead atoms. The van der Waals surface area contributed by atoms with Crippen LogP contribution in [0.3, 0.4) is 0 Å². The van der Waals surface area contributed by atoms with E-state index < -0.39 is 0 Å². The molecule has 0 aliphatic rings. The number of aryl methyl sites for hydroxylation is 2. The molecule has 3 heterocycles. The number of nitrogens with two attached hydrogens (primary N) is 1. The molecule has 0 saturated carbocycles. The van der Waals surface area contributed by atoms with Crippen LogP contribution in [-0.2, 0) is 13.5 Å². The summed E-state index contributed by atoms with van der Waals surface area (Å²) in [5, 5.41) is 5.28. The van der Waals surface area contributed by atoms with Crippen LogP contribution in [0.25, 0.3) is 22.2 Å². The predicted octanol–water partition coefficient (Wildman–Crippen LogP) is 4.12. The lowest BCUT2D eigenvalue weighted by molar-refractivity contribution is 0.674. The number of fused-ring (bicyclic) bond motifs is 1. The summed E-state index contributed by atoms with van der Waals surface area (Å²) in [4.78, 5) is 8.64. The Kier molecular flexibility index (Phi) is 7.54. The van der Waals surface area contributed by atoms with Crippen molar-refractivity contribution in [1.82, 2.24) is 19.7 Å². The summed E-state index contributed by atoms with van der Waals surface area (Å²) in [7, 11) is 1.90. The Labute approximate surface area is 150 Å². The fourth-order valence-electron chi connectivity index (χ4n) is 2.75. The van der Waals surface area contributed by atoms with Crippen molar-refractivity contribution in [3.63, 3.8) is 0 Å². The summed E-state index contributed by atoms with van der Waals surface area (Å²) < 4.78 is 1.78. The van der Waals surface area contributed by atoms with Crippen LogP contribution in [-0.4, -0.2) is 26.3 Å². The van der Waals surface area contributed by atoms with E-state index >= 15 is 0 Å². The number of pyridine rings is 2. The molecule has 134 valence electrons. The van der Waals surface area contributed by atoms with E-state index in [0.29, 0.717) is 0 Å². The molecule has 3 rings (SSSR count). The van der Waals surface area contributed by atoms with E-state index in [1.807, 2.05) is 37.9 Å². The third kappa shape index (κ3) is 5.10. The molecular formula is C20H29N5. The summed E-state index contributed by atoms with van der Waals surface area (Å²) >= 11 is 0. The molecule has 0 aliphatic heterocycles. The van der Waals surface area contributed by atoms with E-state index in [-0.39, 0.29) is 0 Å². The summed E-state index contributed by atoms with van der Waals surface area (Å²) in [6.45, 7) is 5.20. The monoisotopic (exact) mass is 339 g/mol. The smallest absolute Gasteiger partial charge is 0.157 e. The van der Waals surface area contributed by atoms with Gasteiger partial charge >= 0.3 is 0 Å². The SMILES string of the molecule is CCCCCCN.CCc1cnccc1-c1cnc2c(cnn2C)c1. The summed E-state index contributed by atoms with van der Waals surface area (Å²) in [5.74, 6) is 0. The second-order valence-electron chi connectivity index (χ2n) is 6.14. The van der Waals surface area contributed by atoms with Gasteiger partial charge < -0.3 is 5.73 Å². The second-order valence-corrected chi connectivity index (χ2v) is 6.14. The van der Waals surface area contributed by atoms with Gasteiger partial charge in [-0.2, -0.15) is 5.10 Å². The molecule has 0 fully saturated rings. The molecule has 0 radical (unpaired) electrons. The summed E-state index contributed by atoms with van der Waals surface area (Å²) in [5.41, 5.74) is 9.74. The topological polar surface area (TPSA) is 69.6 Å². The van der Waals surface area contributed by atoms with Crippen LogP contribution in [0.2, 0.25) is 0 Å². The standard InChI is InChI=1S/C14H14N4.C6H15N/c1-3-10-7-15-5-4-13(10)11-6-12-9-17-18(2)14(12)16-8-11;1-2-3-4-5-6-7/h4-9H,3H2,1-2H3;2-7H2,1H3. The summed E-state index contributed by atoms with van der Waals surface area (Å²) in [6.07, 6.45) is 13.6. The average Bonchev–Trinajstić information content (AvgIpc) is 3.03. The maximum absolute atomic E-state index is 5.27. The van der Waals surface area contributed by atoms with Crippen LogP contribution in [0.5, 0.6) is 0 Å². The molecule has 0 spiro atoms. The third-order valence-corrected chi connectivity index (χ3v) is 4.22. The van der Waals surface area contributed by atoms with Gasteiger partial charge in [0, 0.05) is 36.6 Å². The van der Waals surface area contributed by atoms with Gasteiger partial charge in [0.05, 0.1) is 6.20 Å². The van der Waals surface area contributed by atoms with E-state index in [2.05, 4.69) is 35.0 Å². The molecule has 0 saturated heterocycles. The van der Waals surface area contributed by atoms with E-state index in [1.165, 1.54) is 36.8 Å². The second kappa shape index (κ2) is 9.89. The molecule has 3 aromatic rings. The molecule has 5 nitrogen and oxygen atoms in total. The minimum atomic E-state index is 0.861. The molecule has 0 atom stereocenters. The first-order valence-corrected chi connectivity index (χ1v) is 9.12. The highest BCUT2D eigenvalue weighted by Crippen LogP contribution is 2.25. The van der Waals surface area contributed by atoms with Gasteiger partial charge in [-0.25, -0.2) is 4.98 Å². The van der Waals surface area contributed by atoms with Crippen molar-refractivity contribution in [3.8, 4) is 11.1 Å². The normalized spacial score (nSPS) is 10.6. The Morgan fingerprint density at radius 2 is 1.92 bits per heavy atom. The number of unbranched alkanes of at least 4 members (excludes halogenated alkanes) is 3. The van der Waals surface area contributed by atoms with Crippen LogP contribution >= 0.6 is 0 Å². The number of hydrogen-bond donors (Lipinski definition) is 1. The van der Waals surface area contributed by atoms with Crippen molar-refractivity contribution in [2.75, 3.05) is 6.54 Å². The zero-order valence-corrected chi connectivity index (χ0v) is 15.6. The first kappa shape index (κ1) is 19.1. The van der Waals surface area contributed by atoms with E-state index in [0.717, 1.165) is 29.6 Å². The maximum Gasteiger partial charge on any atom is 0.157 e. The van der Waals surface area contributed by atoms with Gasteiger partial charge in [-0.3, -0.25) is 9.67 Å². The van der Waals surface area contributed by atoms with Crippen molar-refractivity contribution < 1.29 is 0 Å². The Balaban J connectivity index is 0.000000277. The quantitative estimate of drug-likeness (QED) is 0.686. The first-order chi connectivity index (χ1) is 12.2. The van der Waals surface area contributed by atoms with Crippen molar-refractivity contribution in [3.05, 3.63) is 42.5 Å². The Bertz CT molecular complexity index is 775. The highest BCUT2D eigenvalue weighted by atomic mass is 15.3. The number of hydrogen-bond acceptors (Lipinski definition) is 4. The minimum Gasteiger partial charge on any atom is -0.330 e. The van der Waals surface area contributed by atoms with E-state index in [9.17, 15) is 0 Å². The van der Waals surface area contributed by atoms with Crippen LogP contribution < -0.4 is 5.73 Å². The Hall–Kier alpha value is -2.27. The van der Waals surface area contributed by atoms with Gasteiger partial charge in [-0.15, -0.1) is 0 Å². The lowest BCUT2D eigenvalue weighted by atomic mass is 10.0. The van der Waals surface area contributed by atoms with Gasteiger partial charge in [0.1, 0.15) is 0 Å². The van der Waals surface area contributed by atoms with Crippen molar-refractivity contribution >= 4 is 11.0 Å². The van der Waals surface area contributed by atoms with E-state index in [4.69, 9.17) is 5.73 Å². The molecule has 3 aromatic heterocycles. The van der Waals surface area contributed by atoms with Crippen molar-refractivity contribution in [1.29, 1.82) is 0 Å². The highest BCUT2D eigenvalue weighted by molar-refractivity contribution is 5.81. The Morgan fingerprint density at radius 3 is 2.64 bits per heavy atom. The van der Waals surface area contributed by atoms with Crippen molar-refractivity contribution in [2.24, 2.45) is 12.8 Å². The highest BCUT2D eigenvalue weighted by Gasteiger charge is 2.07. The average molecular weight is 339 g/mol. The van der Waals surface area contributed by atoms with Crippen LogP contribution in [0, 0.1) is 0 Å². The minimum absolute atomic E-state index is 0.861. The zero-order valence-electron chi connectivity index (χ0n) is 15.6. The molecule has 0 aromatic carbocycles. The number of rotatable bonds is 6. The Morgan fingerprint density at radius 1 is 1.08 bits per heavy atom. The number of nitrogens with zero attached hydrogens (tertiary/aromatic N) is 4. The fourth-order valence-corrected chi connectivity index (χ4v) is 2.75. The molecule has 0 amide bonds. The van der Waals surface area contributed by atoms with E-state index in [1.54, 1.807) is 4.68 Å². The maximum atomic E-state index is 5.27. The zero-order chi connectivity index (χ0) is 18.1. The molecular weight excluding hydrogens is 310 g/mol. The lowest BCUT2D eigenvalue weighted by Gasteiger charge is -2.06. The first-order valence-electron chi connectivity index (χ1n) is 9.12. The molecule has 2 N–H and O–H groups in total. The number of aromatic nitrogens is 4. The molecule has 0 aliphatic carbocycles. The van der Waals surface area contributed by atoms with Crippen molar-refractivity contribution in [2.45, 2.75) is 46.0 Å². The van der Waals surface area contributed by atoms with Crippen LogP contribution in [0.15, 0.2) is 36.9 Å². The molecule has 0 unspecified atom stereocenters. The molecule has 5 heteroatoms. The van der Waals surface area contributed by atoms with Gasteiger partial charge in [-0.05, 0) is 42.6 Å². The third-order valence-electron chi connectivity index (χ3n) is 4.22. The van der Waals surface area contributed by atoms with Crippen LogP contribution in [0.1, 0.15) is 45.1 Å². The summed E-state index contributed by atoms with van der Waals surface area (Å²) in [6, 6.07) is 4.17. The predicted molar refractivity (Wildman–Crippen MR) is 104 cm³/mol. The van der Waals surface area contributed by atoms with Gasteiger partial charge in [0.15, 0.2) is 5.65 Å². The fraction of sp³-hybridized carbons (Fsp3) is 0.450. The lowest BCUT2D eigenvalue weighted by Crippen LogP contribution is -1.97.